The lowest BCUT2D eigenvalue weighted by atomic mass is 10.0. The highest BCUT2D eigenvalue weighted by Crippen LogP contribution is 2.37. The molecule has 4 heteroatoms. The standard InChI is InChI=1S/C11H21NO2S/c1-4-10(2,14)8-12-9(13)11(3)6-5-7-15-11/h14H,4-8H2,1-3H3,(H,12,13). The lowest BCUT2D eigenvalue weighted by Crippen LogP contribution is -2.47. The molecule has 3 nitrogen and oxygen atoms in total. The van der Waals surface area contributed by atoms with Crippen molar-refractivity contribution in [3.8, 4) is 0 Å². The molecule has 1 fully saturated rings. The highest BCUT2D eigenvalue weighted by molar-refractivity contribution is 8.01. The highest BCUT2D eigenvalue weighted by atomic mass is 32.2. The molecule has 1 saturated heterocycles. The molecule has 0 saturated carbocycles. The molecule has 0 bridgehead atoms. The zero-order valence-electron chi connectivity index (χ0n) is 9.80. The number of nitrogens with one attached hydrogen (secondary N) is 1. The van der Waals surface area contributed by atoms with E-state index in [9.17, 15) is 9.90 Å². The molecule has 2 unspecified atom stereocenters. The number of rotatable bonds is 4. The first-order chi connectivity index (χ1) is 6.90. The summed E-state index contributed by atoms with van der Waals surface area (Å²) < 4.78 is -0.274. The minimum absolute atomic E-state index is 0.0683. The lowest BCUT2D eigenvalue weighted by Gasteiger charge is -2.26. The van der Waals surface area contributed by atoms with Crippen molar-refractivity contribution < 1.29 is 9.90 Å². The van der Waals surface area contributed by atoms with Gasteiger partial charge in [-0.3, -0.25) is 4.79 Å². The molecule has 0 aromatic carbocycles. The summed E-state index contributed by atoms with van der Waals surface area (Å²) in [5.74, 6) is 1.13. The fourth-order valence-electron chi connectivity index (χ4n) is 1.54. The smallest absolute Gasteiger partial charge is 0.236 e. The molecule has 0 spiro atoms. The Morgan fingerprint density at radius 3 is 2.80 bits per heavy atom. The van der Waals surface area contributed by atoms with E-state index in [2.05, 4.69) is 5.32 Å². The van der Waals surface area contributed by atoms with Gasteiger partial charge in [0.15, 0.2) is 0 Å². The molecule has 1 amide bonds. The third kappa shape index (κ3) is 3.38. The maximum atomic E-state index is 11.9. The monoisotopic (exact) mass is 231 g/mol. The molecule has 0 aromatic heterocycles. The van der Waals surface area contributed by atoms with Crippen LogP contribution in [0.15, 0.2) is 0 Å². The Kier molecular flexibility index (Phi) is 4.06. The van der Waals surface area contributed by atoms with Gasteiger partial charge < -0.3 is 10.4 Å². The molecule has 2 atom stereocenters. The van der Waals surface area contributed by atoms with E-state index in [4.69, 9.17) is 0 Å². The Morgan fingerprint density at radius 2 is 2.33 bits per heavy atom. The van der Waals surface area contributed by atoms with E-state index < -0.39 is 5.60 Å². The third-order valence-electron chi connectivity index (χ3n) is 3.09. The van der Waals surface area contributed by atoms with Crippen LogP contribution in [-0.4, -0.2) is 33.7 Å². The van der Waals surface area contributed by atoms with Crippen LogP contribution in [0.3, 0.4) is 0 Å². The largest absolute Gasteiger partial charge is 0.388 e. The van der Waals surface area contributed by atoms with E-state index >= 15 is 0 Å². The zero-order valence-corrected chi connectivity index (χ0v) is 10.6. The SMILES string of the molecule is CCC(C)(O)CNC(=O)C1(C)CCCS1. The van der Waals surface area contributed by atoms with Gasteiger partial charge in [-0.25, -0.2) is 0 Å². The highest BCUT2D eigenvalue weighted by Gasteiger charge is 2.37. The van der Waals surface area contributed by atoms with Gasteiger partial charge >= 0.3 is 0 Å². The predicted molar refractivity (Wildman–Crippen MR) is 64.0 cm³/mol. The van der Waals surface area contributed by atoms with Gasteiger partial charge in [0, 0.05) is 6.54 Å². The molecule has 2 N–H and O–H groups in total. The van der Waals surface area contributed by atoms with Crippen molar-refractivity contribution >= 4 is 17.7 Å². The van der Waals surface area contributed by atoms with Crippen molar-refractivity contribution in [2.24, 2.45) is 0 Å². The van der Waals surface area contributed by atoms with Crippen LogP contribution in [0.25, 0.3) is 0 Å². The van der Waals surface area contributed by atoms with Gasteiger partial charge in [-0.05, 0) is 38.9 Å². The maximum absolute atomic E-state index is 11.9. The minimum Gasteiger partial charge on any atom is -0.388 e. The van der Waals surface area contributed by atoms with E-state index in [-0.39, 0.29) is 10.7 Å². The van der Waals surface area contributed by atoms with Gasteiger partial charge in [-0.15, -0.1) is 11.8 Å². The molecule has 1 rings (SSSR count). The van der Waals surface area contributed by atoms with Crippen molar-refractivity contribution in [3.63, 3.8) is 0 Å². The summed E-state index contributed by atoms with van der Waals surface area (Å²) in [4.78, 5) is 11.9. The van der Waals surface area contributed by atoms with Crippen LogP contribution in [0.5, 0.6) is 0 Å². The summed E-state index contributed by atoms with van der Waals surface area (Å²) in [7, 11) is 0. The number of hydrogen-bond acceptors (Lipinski definition) is 3. The van der Waals surface area contributed by atoms with Gasteiger partial charge in [0.25, 0.3) is 0 Å². The molecular formula is C11H21NO2S. The second-order valence-electron chi connectivity index (χ2n) is 4.72. The fourth-order valence-corrected chi connectivity index (χ4v) is 2.77. The van der Waals surface area contributed by atoms with Gasteiger partial charge in [0.1, 0.15) is 0 Å². The Bertz CT molecular complexity index is 235. The second kappa shape index (κ2) is 4.74. The van der Waals surface area contributed by atoms with E-state index in [1.54, 1.807) is 18.7 Å². The summed E-state index contributed by atoms with van der Waals surface area (Å²) in [6, 6.07) is 0. The Labute approximate surface area is 96.0 Å². The third-order valence-corrected chi connectivity index (χ3v) is 4.61. The van der Waals surface area contributed by atoms with Crippen molar-refractivity contribution in [2.75, 3.05) is 12.3 Å². The van der Waals surface area contributed by atoms with Crippen LogP contribution in [-0.2, 0) is 4.79 Å². The Morgan fingerprint density at radius 1 is 1.67 bits per heavy atom. The minimum atomic E-state index is -0.782. The number of aliphatic hydroxyl groups is 1. The molecule has 1 heterocycles. The van der Waals surface area contributed by atoms with Crippen molar-refractivity contribution in [3.05, 3.63) is 0 Å². The van der Waals surface area contributed by atoms with E-state index in [0.717, 1.165) is 18.6 Å². The predicted octanol–water partition coefficient (Wildman–Crippen LogP) is 1.55. The van der Waals surface area contributed by atoms with Crippen LogP contribution in [0.2, 0.25) is 0 Å². The van der Waals surface area contributed by atoms with Crippen LogP contribution >= 0.6 is 11.8 Å². The molecule has 0 radical (unpaired) electrons. The van der Waals surface area contributed by atoms with Gasteiger partial charge in [-0.1, -0.05) is 6.92 Å². The van der Waals surface area contributed by atoms with Crippen LogP contribution < -0.4 is 5.32 Å². The summed E-state index contributed by atoms with van der Waals surface area (Å²) in [5, 5.41) is 12.6. The molecule has 1 aliphatic heterocycles. The van der Waals surface area contributed by atoms with E-state index in [1.165, 1.54) is 0 Å². The molecule has 88 valence electrons. The van der Waals surface area contributed by atoms with Crippen LogP contribution in [0.4, 0.5) is 0 Å². The van der Waals surface area contributed by atoms with Gasteiger partial charge in [0.2, 0.25) is 5.91 Å². The van der Waals surface area contributed by atoms with Gasteiger partial charge in [-0.2, -0.15) is 0 Å². The first kappa shape index (κ1) is 12.8. The zero-order chi connectivity index (χ0) is 11.5. The Hall–Kier alpha value is -0.220. The summed E-state index contributed by atoms with van der Waals surface area (Å²) in [6.07, 6.45) is 2.70. The molecule has 0 aliphatic carbocycles. The number of thioether (sulfide) groups is 1. The molecule has 0 aromatic rings. The number of carbonyl (C=O) groups is 1. The van der Waals surface area contributed by atoms with E-state index in [0.29, 0.717) is 13.0 Å². The normalized spacial score (nSPS) is 29.9. The lowest BCUT2D eigenvalue weighted by molar-refractivity contribution is -0.124. The van der Waals surface area contributed by atoms with Crippen molar-refractivity contribution in [1.82, 2.24) is 5.32 Å². The van der Waals surface area contributed by atoms with Crippen LogP contribution in [0, 0.1) is 0 Å². The summed E-state index contributed by atoms with van der Waals surface area (Å²) >= 11 is 1.72. The number of amides is 1. The number of carbonyl (C=O) groups excluding carboxylic acids is 1. The van der Waals surface area contributed by atoms with Crippen molar-refractivity contribution in [2.45, 2.75) is 50.4 Å². The fraction of sp³-hybridized carbons (Fsp3) is 0.909. The van der Waals surface area contributed by atoms with E-state index in [1.807, 2.05) is 13.8 Å². The average molecular weight is 231 g/mol. The molecule has 15 heavy (non-hydrogen) atoms. The first-order valence-electron chi connectivity index (χ1n) is 5.54. The summed E-state index contributed by atoms with van der Waals surface area (Å²) in [6.45, 7) is 5.99. The quantitative estimate of drug-likeness (QED) is 0.772. The number of hydrogen-bond donors (Lipinski definition) is 2. The molecule has 1 aliphatic rings. The first-order valence-corrected chi connectivity index (χ1v) is 6.53. The topological polar surface area (TPSA) is 49.3 Å². The average Bonchev–Trinajstić information content (AvgIpc) is 2.63. The summed E-state index contributed by atoms with van der Waals surface area (Å²) in [5.41, 5.74) is -0.782. The molecular weight excluding hydrogens is 210 g/mol. The Balaban J connectivity index is 2.42. The van der Waals surface area contributed by atoms with Crippen molar-refractivity contribution in [1.29, 1.82) is 0 Å². The maximum Gasteiger partial charge on any atom is 0.236 e. The second-order valence-corrected chi connectivity index (χ2v) is 6.31. The van der Waals surface area contributed by atoms with Gasteiger partial charge in [0.05, 0.1) is 10.3 Å². The van der Waals surface area contributed by atoms with Crippen LogP contribution in [0.1, 0.15) is 40.0 Å².